The molecular weight excluding hydrogens is 316 g/mol. The first-order chi connectivity index (χ1) is 11.9. The standard InChI is InChI=1S/C19H22N4O2/c1-19(2,3)18-21-16(22-25-18)13-20-17(24)12-14-6-8-15(9-7-14)23-10-4-5-11-23/h4-11H,12-13H2,1-3H3,(H,20,24). The van der Waals surface area contributed by atoms with Crippen molar-refractivity contribution < 1.29 is 9.32 Å². The van der Waals surface area contributed by atoms with Crippen LogP contribution < -0.4 is 5.32 Å². The van der Waals surface area contributed by atoms with Crippen LogP contribution in [0, 0.1) is 0 Å². The third-order valence-electron chi connectivity index (χ3n) is 3.76. The Morgan fingerprint density at radius 2 is 1.84 bits per heavy atom. The summed E-state index contributed by atoms with van der Waals surface area (Å²) < 4.78 is 7.23. The molecule has 0 bridgehead atoms. The van der Waals surface area contributed by atoms with E-state index in [0.717, 1.165) is 11.3 Å². The number of amides is 1. The van der Waals surface area contributed by atoms with Gasteiger partial charge in [0, 0.05) is 23.5 Å². The largest absolute Gasteiger partial charge is 0.348 e. The fourth-order valence-corrected chi connectivity index (χ4v) is 2.35. The van der Waals surface area contributed by atoms with E-state index in [-0.39, 0.29) is 17.9 Å². The Hall–Kier alpha value is -2.89. The van der Waals surface area contributed by atoms with E-state index < -0.39 is 0 Å². The highest BCUT2D eigenvalue weighted by Crippen LogP contribution is 2.19. The molecule has 25 heavy (non-hydrogen) atoms. The van der Waals surface area contributed by atoms with Crippen LogP contribution in [0.2, 0.25) is 0 Å². The summed E-state index contributed by atoms with van der Waals surface area (Å²) >= 11 is 0. The maximum atomic E-state index is 12.1. The molecule has 130 valence electrons. The van der Waals surface area contributed by atoms with Crippen molar-refractivity contribution in [2.45, 2.75) is 39.2 Å². The van der Waals surface area contributed by atoms with E-state index in [1.54, 1.807) is 0 Å². The van der Waals surface area contributed by atoms with Crippen LogP contribution in [0.25, 0.3) is 5.69 Å². The van der Waals surface area contributed by atoms with Crippen molar-refractivity contribution in [1.29, 1.82) is 0 Å². The van der Waals surface area contributed by atoms with Gasteiger partial charge in [-0.15, -0.1) is 0 Å². The minimum absolute atomic E-state index is 0.0733. The molecule has 0 atom stereocenters. The molecule has 1 N–H and O–H groups in total. The van der Waals surface area contributed by atoms with Crippen LogP contribution in [-0.2, 0) is 23.2 Å². The average Bonchev–Trinajstić information content (AvgIpc) is 3.25. The van der Waals surface area contributed by atoms with Crippen LogP contribution in [0.5, 0.6) is 0 Å². The Kier molecular flexibility index (Phi) is 4.70. The van der Waals surface area contributed by atoms with Gasteiger partial charge in [0.05, 0.1) is 13.0 Å². The van der Waals surface area contributed by atoms with Gasteiger partial charge >= 0.3 is 0 Å². The molecule has 3 rings (SSSR count). The zero-order valence-electron chi connectivity index (χ0n) is 14.7. The van der Waals surface area contributed by atoms with E-state index in [4.69, 9.17) is 4.52 Å². The summed E-state index contributed by atoms with van der Waals surface area (Å²) in [4.78, 5) is 16.4. The Bertz CT molecular complexity index is 827. The minimum atomic E-state index is -0.198. The minimum Gasteiger partial charge on any atom is -0.348 e. The second kappa shape index (κ2) is 6.93. The lowest BCUT2D eigenvalue weighted by Gasteiger charge is -2.10. The van der Waals surface area contributed by atoms with Crippen LogP contribution in [0.1, 0.15) is 38.0 Å². The molecule has 0 radical (unpaired) electrons. The Morgan fingerprint density at radius 3 is 2.44 bits per heavy atom. The lowest BCUT2D eigenvalue weighted by atomic mass is 9.97. The maximum absolute atomic E-state index is 12.1. The molecule has 6 heteroatoms. The van der Waals surface area contributed by atoms with Crippen molar-refractivity contribution in [2.24, 2.45) is 0 Å². The normalized spacial score (nSPS) is 11.5. The molecule has 2 aromatic heterocycles. The first-order valence-electron chi connectivity index (χ1n) is 8.24. The molecule has 6 nitrogen and oxygen atoms in total. The zero-order chi connectivity index (χ0) is 17.9. The maximum Gasteiger partial charge on any atom is 0.232 e. The number of carbonyl (C=O) groups excluding carboxylic acids is 1. The summed E-state index contributed by atoms with van der Waals surface area (Å²) in [6.45, 7) is 6.26. The summed E-state index contributed by atoms with van der Waals surface area (Å²) in [7, 11) is 0. The number of benzene rings is 1. The van der Waals surface area contributed by atoms with E-state index in [1.807, 2.05) is 74.1 Å². The third-order valence-corrected chi connectivity index (χ3v) is 3.76. The summed E-state index contributed by atoms with van der Waals surface area (Å²) in [5.74, 6) is 0.981. The van der Waals surface area contributed by atoms with Gasteiger partial charge in [-0.05, 0) is 29.8 Å². The first kappa shape index (κ1) is 17.0. The molecule has 0 saturated carbocycles. The van der Waals surface area contributed by atoms with Gasteiger partial charge < -0.3 is 14.4 Å². The van der Waals surface area contributed by atoms with E-state index in [2.05, 4.69) is 15.5 Å². The molecule has 0 unspecified atom stereocenters. The van der Waals surface area contributed by atoms with Gasteiger partial charge in [-0.1, -0.05) is 38.1 Å². The van der Waals surface area contributed by atoms with Crippen molar-refractivity contribution in [2.75, 3.05) is 0 Å². The molecule has 0 aliphatic carbocycles. The number of hydrogen-bond donors (Lipinski definition) is 1. The molecule has 0 saturated heterocycles. The van der Waals surface area contributed by atoms with Crippen molar-refractivity contribution >= 4 is 5.91 Å². The predicted molar refractivity (Wildman–Crippen MR) is 94.3 cm³/mol. The fraction of sp³-hybridized carbons (Fsp3) is 0.316. The van der Waals surface area contributed by atoms with Crippen LogP contribution in [0.15, 0.2) is 53.3 Å². The third kappa shape index (κ3) is 4.35. The lowest BCUT2D eigenvalue weighted by molar-refractivity contribution is -0.120. The van der Waals surface area contributed by atoms with Gasteiger partial charge in [0.1, 0.15) is 0 Å². The SMILES string of the molecule is CC(C)(C)c1nc(CNC(=O)Cc2ccc(-n3cccc3)cc2)no1. The number of nitrogens with one attached hydrogen (secondary N) is 1. The number of hydrogen-bond acceptors (Lipinski definition) is 4. The molecule has 0 spiro atoms. The van der Waals surface area contributed by atoms with E-state index >= 15 is 0 Å². The monoisotopic (exact) mass is 338 g/mol. The molecule has 0 fully saturated rings. The smallest absolute Gasteiger partial charge is 0.232 e. The number of nitrogens with zero attached hydrogens (tertiary/aromatic N) is 3. The molecule has 0 aliphatic rings. The van der Waals surface area contributed by atoms with Gasteiger partial charge in [0.2, 0.25) is 11.8 Å². The van der Waals surface area contributed by atoms with E-state index in [0.29, 0.717) is 18.1 Å². The topological polar surface area (TPSA) is 73.0 Å². The summed E-state index contributed by atoms with van der Waals surface area (Å²) in [6, 6.07) is 11.9. The van der Waals surface area contributed by atoms with Crippen molar-refractivity contribution in [3.8, 4) is 5.69 Å². The Balaban J connectivity index is 1.53. The molecule has 1 aromatic carbocycles. The zero-order valence-corrected chi connectivity index (χ0v) is 14.7. The van der Waals surface area contributed by atoms with Crippen LogP contribution in [-0.4, -0.2) is 20.6 Å². The Morgan fingerprint density at radius 1 is 1.16 bits per heavy atom. The number of aromatic nitrogens is 3. The van der Waals surface area contributed by atoms with Gasteiger partial charge in [0.15, 0.2) is 5.82 Å². The van der Waals surface area contributed by atoms with Crippen LogP contribution >= 0.6 is 0 Å². The van der Waals surface area contributed by atoms with Crippen molar-refractivity contribution in [3.05, 3.63) is 66.1 Å². The van der Waals surface area contributed by atoms with E-state index in [9.17, 15) is 4.79 Å². The van der Waals surface area contributed by atoms with Gasteiger partial charge in [-0.25, -0.2) is 0 Å². The van der Waals surface area contributed by atoms with Crippen molar-refractivity contribution in [3.63, 3.8) is 0 Å². The molecule has 2 heterocycles. The van der Waals surface area contributed by atoms with Gasteiger partial charge in [0.25, 0.3) is 0 Å². The summed E-state index contributed by atoms with van der Waals surface area (Å²) in [6.07, 6.45) is 4.28. The van der Waals surface area contributed by atoms with Gasteiger partial charge in [-0.2, -0.15) is 4.98 Å². The molecule has 3 aromatic rings. The summed E-state index contributed by atoms with van der Waals surface area (Å²) in [5.41, 5.74) is 1.82. The highest BCUT2D eigenvalue weighted by Gasteiger charge is 2.21. The quantitative estimate of drug-likeness (QED) is 0.776. The molecular formula is C19H22N4O2. The Labute approximate surface area is 146 Å². The number of rotatable bonds is 5. The fourth-order valence-electron chi connectivity index (χ4n) is 2.35. The van der Waals surface area contributed by atoms with Gasteiger partial charge in [-0.3, -0.25) is 4.79 Å². The second-order valence-electron chi connectivity index (χ2n) is 6.98. The average molecular weight is 338 g/mol. The van der Waals surface area contributed by atoms with Crippen LogP contribution in [0.3, 0.4) is 0 Å². The van der Waals surface area contributed by atoms with Crippen LogP contribution in [0.4, 0.5) is 0 Å². The number of carbonyl (C=O) groups is 1. The predicted octanol–water partition coefficient (Wildman–Crippen LogP) is 3.02. The highest BCUT2D eigenvalue weighted by molar-refractivity contribution is 5.78. The highest BCUT2D eigenvalue weighted by atomic mass is 16.5. The van der Waals surface area contributed by atoms with Crippen molar-refractivity contribution in [1.82, 2.24) is 20.0 Å². The summed E-state index contributed by atoms with van der Waals surface area (Å²) in [5, 5.41) is 6.72. The lowest BCUT2D eigenvalue weighted by Crippen LogP contribution is -2.25. The molecule has 1 amide bonds. The molecule has 0 aliphatic heterocycles. The first-order valence-corrected chi connectivity index (χ1v) is 8.24. The van der Waals surface area contributed by atoms with E-state index in [1.165, 1.54) is 0 Å². The second-order valence-corrected chi connectivity index (χ2v) is 6.98.